The van der Waals surface area contributed by atoms with E-state index >= 15 is 0 Å². The van der Waals surface area contributed by atoms with Crippen molar-refractivity contribution in [1.29, 1.82) is 0 Å². The molecule has 2 aromatic carbocycles. The Morgan fingerprint density at radius 2 is 1.78 bits per heavy atom. The molecule has 0 bridgehead atoms. The summed E-state index contributed by atoms with van der Waals surface area (Å²) in [6.45, 7) is 4.13. The van der Waals surface area contributed by atoms with Crippen LogP contribution in [0.3, 0.4) is 0 Å². The van der Waals surface area contributed by atoms with Gasteiger partial charge in [-0.3, -0.25) is 0 Å². The van der Waals surface area contributed by atoms with Crippen LogP contribution >= 0.6 is 35.6 Å². The molecule has 0 saturated carbocycles. The zero-order valence-corrected chi connectivity index (χ0v) is 19.0. The lowest BCUT2D eigenvalue weighted by molar-refractivity contribution is 0.354. The van der Waals surface area contributed by atoms with Crippen LogP contribution in [0.5, 0.6) is 11.5 Å². The number of aliphatic imine (C=N–C) groups is 1. The van der Waals surface area contributed by atoms with Gasteiger partial charge >= 0.3 is 0 Å². The fourth-order valence-corrected chi connectivity index (χ4v) is 2.69. The summed E-state index contributed by atoms with van der Waals surface area (Å²) in [4.78, 5) is 4.60. The zero-order chi connectivity index (χ0) is 18.8. The minimum Gasteiger partial charge on any atom is -0.493 e. The average Bonchev–Trinajstić information content (AvgIpc) is 2.67. The van der Waals surface area contributed by atoms with E-state index in [9.17, 15) is 0 Å². The first-order valence-corrected chi connectivity index (χ1v) is 9.02. The van der Waals surface area contributed by atoms with Crippen molar-refractivity contribution in [3.05, 3.63) is 58.6 Å². The maximum atomic E-state index is 6.19. The van der Waals surface area contributed by atoms with E-state index in [1.165, 1.54) is 0 Å². The van der Waals surface area contributed by atoms with Gasteiger partial charge in [-0.2, -0.15) is 0 Å². The fraction of sp³-hybridized carbons (Fsp3) is 0.350. The number of nitrogens with one attached hydrogen (secondary N) is 2. The highest BCUT2D eigenvalue weighted by Crippen LogP contribution is 2.27. The van der Waals surface area contributed by atoms with E-state index in [1.807, 2.05) is 49.4 Å². The maximum absolute atomic E-state index is 6.19. The molecule has 0 amide bonds. The molecule has 0 aliphatic rings. The predicted octanol–water partition coefficient (Wildman–Crippen LogP) is 4.27. The Labute approximate surface area is 183 Å². The Bertz CT molecular complexity index is 741. The minimum absolute atomic E-state index is 0. The predicted molar refractivity (Wildman–Crippen MR) is 123 cm³/mol. The molecule has 27 heavy (non-hydrogen) atoms. The molecule has 0 aromatic heterocycles. The Kier molecular flexibility index (Phi) is 11.0. The number of methoxy groups -OCH3 is 2. The van der Waals surface area contributed by atoms with Gasteiger partial charge in [-0.1, -0.05) is 35.9 Å². The van der Waals surface area contributed by atoms with Gasteiger partial charge in [0, 0.05) is 18.1 Å². The molecule has 0 aliphatic heterocycles. The molecule has 0 unspecified atom stereocenters. The van der Waals surface area contributed by atoms with E-state index in [0.717, 1.165) is 53.1 Å². The highest BCUT2D eigenvalue weighted by Gasteiger charge is 2.05. The number of ether oxygens (including phenoxy) is 2. The van der Waals surface area contributed by atoms with Gasteiger partial charge in [0.2, 0.25) is 0 Å². The van der Waals surface area contributed by atoms with Gasteiger partial charge in [-0.05, 0) is 42.7 Å². The van der Waals surface area contributed by atoms with Crippen molar-refractivity contribution in [2.75, 3.05) is 27.3 Å². The molecule has 7 heteroatoms. The summed E-state index contributed by atoms with van der Waals surface area (Å²) < 4.78 is 10.6. The molecule has 2 rings (SSSR count). The summed E-state index contributed by atoms with van der Waals surface area (Å²) in [7, 11) is 3.28. The van der Waals surface area contributed by atoms with Crippen LogP contribution in [0.4, 0.5) is 0 Å². The first-order valence-electron chi connectivity index (χ1n) is 8.64. The number of halogens is 2. The largest absolute Gasteiger partial charge is 0.493 e. The van der Waals surface area contributed by atoms with Crippen LogP contribution in [0.1, 0.15) is 18.1 Å². The van der Waals surface area contributed by atoms with Gasteiger partial charge < -0.3 is 20.1 Å². The second-order valence-corrected chi connectivity index (χ2v) is 6.06. The SMILES string of the molecule is CCNC(=NCc1ccccc1Cl)NCCc1ccc(OC)c(OC)c1.I. The Hall–Kier alpha value is -1.67. The Morgan fingerprint density at radius 1 is 1.04 bits per heavy atom. The van der Waals surface area contributed by atoms with Gasteiger partial charge in [-0.15, -0.1) is 24.0 Å². The molecule has 0 atom stereocenters. The molecular formula is C20H27ClIN3O2. The maximum Gasteiger partial charge on any atom is 0.191 e. The molecule has 2 aromatic rings. The Balaban J connectivity index is 0.00000364. The second kappa shape index (κ2) is 12.7. The summed E-state index contributed by atoms with van der Waals surface area (Å²) in [5.74, 6) is 2.25. The third-order valence-electron chi connectivity index (χ3n) is 3.86. The van der Waals surface area contributed by atoms with E-state index in [0.29, 0.717) is 6.54 Å². The lowest BCUT2D eigenvalue weighted by atomic mass is 10.1. The van der Waals surface area contributed by atoms with Crippen LogP contribution in [-0.4, -0.2) is 33.3 Å². The molecule has 0 aliphatic carbocycles. The van der Waals surface area contributed by atoms with Crippen molar-refractivity contribution in [3.8, 4) is 11.5 Å². The zero-order valence-electron chi connectivity index (χ0n) is 15.9. The lowest BCUT2D eigenvalue weighted by Crippen LogP contribution is -2.38. The third kappa shape index (κ3) is 7.46. The molecule has 0 fully saturated rings. The monoisotopic (exact) mass is 503 g/mol. The van der Waals surface area contributed by atoms with Crippen LogP contribution in [0.2, 0.25) is 5.02 Å². The number of rotatable bonds is 8. The van der Waals surface area contributed by atoms with Crippen molar-refractivity contribution in [2.45, 2.75) is 19.9 Å². The summed E-state index contributed by atoms with van der Waals surface area (Å²) in [5, 5.41) is 7.33. The molecular weight excluding hydrogens is 477 g/mol. The minimum atomic E-state index is 0. The highest BCUT2D eigenvalue weighted by atomic mass is 127. The number of guanidine groups is 1. The van der Waals surface area contributed by atoms with Crippen LogP contribution in [0.15, 0.2) is 47.5 Å². The molecule has 0 saturated heterocycles. The van der Waals surface area contributed by atoms with Crippen molar-refractivity contribution in [3.63, 3.8) is 0 Å². The number of nitrogens with zero attached hydrogens (tertiary/aromatic N) is 1. The normalized spacial score (nSPS) is 10.7. The van der Waals surface area contributed by atoms with E-state index < -0.39 is 0 Å². The smallest absolute Gasteiger partial charge is 0.191 e. The molecule has 0 radical (unpaired) electrons. The number of hydrogen-bond donors (Lipinski definition) is 2. The molecule has 2 N–H and O–H groups in total. The average molecular weight is 504 g/mol. The van der Waals surface area contributed by atoms with E-state index in [-0.39, 0.29) is 24.0 Å². The first kappa shape index (κ1) is 23.4. The van der Waals surface area contributed by atoms with Crippen molar-refractivity contribution >= 4 is 41.5 Å². The van der Waals surface area contributed by atoms with Crippen LogP contribution in [-0.2, 0) is 13.0 Å². The van der Waals surface area contributed by atoms with Crippen molar-refractivity contribution in [1.82, 2.24) is 10.6 Å². The first-order chi connectivity index (χ1) is 12.7. The van der Waals surface area contributed by atoms with Crippen molar-refractivity contribution in [2.24, 2.45) is 4.99 Å². The molecule has 0 spiro atoms. The number of benzene rings is 2. The molecule has 5 nitrogen and oxygen atoms in total. The standard InChI is InChI=1S/C20H26ClN3O2.HI/c1-4-22-20(24-14-16-7-5-6-8-17(16)21)23-12-11-15-9-10-18(25-2)19(13-15)26-3;/h5-10,13H,4,11-12,14H2,1-3H3,(H2,22,23,24);1H. The quantitative estimate of drug-likeness (QED) is 0.321. The van der Waals surface area contributed by atoms with Gasteiger partial charge in [0.1, 0.15) is 0 Å². The van der Waals surface area contributed by atoms with Gasteiger partial charge in [0.25, 0.3) is 0 Å². The van der Waals surface area contributed by atoms with Crippen LogP contribution < -0.4 is 20.1 Å². The summed E-state index contributed by atoms with van der Waals surface area (Å²) in [6.07, 6.45) is 0.844. The van der Waals surface area contributed by atoms with E-state index in [4.69, 9.17) is 21.1 Å². The Morgan fingerprint density at radius 3 is 2.44 bits per heavy atom. The topological polar surface area (TPSA) is 54.9 Å². The van der Waals surface area contributed by atoms with Gasteiger partial charge in [0.15, 0.2) is 17.5 Å². The van der Waals surface area contributed by atoms with Gasteiger partial charge in [0.05, 0.1) is 20.8 Å². The van der Waals surface area contributed by atoms with Crippen molar-refractivity contribution < 1.29 is 9.47 Å². The fourth-order valence-electron chi connectivity index (χ4n) is 2.49. The van der Waals surface area contributed by atoms with E-state index in [2.05, 4.69) is 15.6 Å². The lowest BCUT2D eigenvalue weighted by Gasteiger charge is -2.13. The van der Waals surface area contributed by atoms with Gasteiger partial charge in [-0.25, -0.2) is 4.99 Å². The summed E-state index contributed by atoms with van der Waals surface area (Å²) in [6, 6.07) is 13.7. The molecule has 148 valence electrons. The highest BCUT2D eigenvalue weighted by molar-refractivity contribution is 14.0. The van der Waals surface area contributed by atoms with Crippen LogP contribution in [0, 0.1) is 0 Å². The summed E-state index contributed by atoms with van der Waals surface area (Å²) in [5.41, 5.74) is 2.17. The number of hydrogen-bond acceptors (Lipinski definition) is 3. The molecule has 0 heterocycles. The van der Waals surface area contributed by atoms with E-state index in [1.54, 1.807) is 14.2 Å². The summed E-state index contributed by atoms with van der Waals surface area (Å²) >= 11 is 6.19. The second-order valence-electron chi connectivity index (χ2n) is 5.65. The third-order valence-corrected chi connectivity index (χ3v) is 4.23. The van der Waals surface area contributed by atoms with Crippen LogP contribution in [0.25, 0.3) is 0 Å².